The summed E-state index contributed by atoms with van der Waals surface area (Å²) in [6.45, 7) is 0.998. The quantitative estimate of drug-likeness (QED) is 0.857. The highest BCUT2D eigenvalue weighted by atomic mass is 32.2. The molecule has 20 heavy (non-hydrogen) atoms. The predicted molar refractivity (Wildman–Crippen MR) is 73.8 cm³/mol. The Hall–Kier alpha value is -1.01. The second-order valence-electron chi connectivity index (χ2n) is 5.37. The minimum atomic E-state index is -3.17. The van der Waals surface area contributed by atoms with Crippen molar-refractivity contribution in [2.75, 3.05) is 19.3 Å². The molecular weight excluding hydrogens is 284 g/mol. The summed E-state index contributed by atoms with van der Waals surface area (Å²) in [6, 6.07) is 3.85. The summed E-state index contributed by atoms with van der Waals surface area (Å²) in [5, 5.41) is 0. The van der Waals surface area contributed by atoms with Crippen molar-refractivity contribution in [2.24, 2.45) is 5.92 Å². The molecule has 0 N–H and O–H groups in total. The molecule has 1 saturated heterocycles. The Labute approximate surface area is 118 Å². The van der Waals surface area contributed by atoms with E-state index < -0.39 is 21.7 Å². The van der Waals surface area contributed by atoms with Crippen LogP contribution in [0.15, 0.2) is 18.2 Å². The topological polar surface area (TPSA) is 37.4 Å². The zero-order chi connectivity index (χ0) is 14.8. The summed E-state index contributed by atoms with van der Waals surface area (Å²) in [5.41, 5.74) is 0.101. The smallest absolute Gasteiger partial charge is 0.211 e. The van der Waals surface area contributed by atoms with E-state index >= 15 is 0 Å². The van der Waals surface area contributed by atoms with E-state index in [1.165, 1.54) is 28.8 Å². The minimum Gasteiger partial charge on any atom is -0.213 e. The van der Waals surface area contributed by atoms with E-state index in [1.54, 1.807) is 0 Å². The van der Waals surface area contributed by atoms with E-state index in [4.69, 9.17) is 0 Å². The number of nitrogens with zero attached hydrogens (tertiary/aromatic N) is 1. The van der Waals surface area contributed by atoms with Gasteiger partial charge in [0.15, 0.2) is 0 Å². The van der Waals surface area contributed by atoms with Gasteiger partial charge in [-0.2, -0.15) is 0 Å². The molecular formula is C14H19F2NO2S. The summed E-state index contributed by atoms with van der Waals surface area (Å²) in [7, 11) is -3.17. The van der Waals surface area contributed by atoms with Crippen molar-refractivity contribution in [2.45, 2.75) is 25.7 Å². The van der Waals surface area contributed by atoms with Crippen LogP contribution < -0.4 is 0 Å². The Kier molecular flexibility index (Phi) is 4.75. The van der Waals surface area contributed by atoms with Gasteiger partial charge in [0.25, 0.3) is 0 Å². The monoisotopic (exact) mass is 303 g/mol. The standard InChI is InChI=1S/C14H19F2NO2S/c1-20(18,19)17-9-3-4-11(10-17)7-8-12-13(15)5-2-6-14(12)16/h2,5-6,11H,3-4,7-10H2,1H3. The Morgan fingerprint density at radius 2 is 1.95 bits per heavy atom. The van der Waals surface area contributed by atoms with E-state index in [1.807, 2.05) is 0 Å². The maximum Gasteiger partial charge on any atom is 0.211 e. The molecule has 0 saturated carbocycles. The number of benzene rings is 1. The molecule has 0 spiro atoms. The fourth-order valence-electron chi connectivity index (χ4n) is 2.68. The van der Waals surface area contributed by atoms with Gasteiger partial charge in [-0.1, -0.05) is 6.07 Å². The first-order chi connectivity index (χ1) is 9.38. The average molecular weight is 303 g/mol. The van der Waals surface area contributed by atoms with Crippen LogP contribution in [0.4, 0.5) is 8.78 Å². The van der Waals surface area contributed by atoms with E-state index in [-0.39, 0.29) is 11.5 Å². The SMILES string of the molecule is CS(=O)(=O)N1CCCC(CCc2c(F)cccc2F)C1. The highest BCUT2D eigenvalue weighted by molar-refractivity contribution is 7.88. The van der Waals surface area contributed by atoms with Gasteiger partial charge in [0.2, 0.25) is 10.0 Å². The number of piperidine rings is 1. The lowest BCUT2D eigenvalue weighted by Gasteiger charge is -2.31. The van der Waals surface area contributed by atoms with Crippen LogP contribution in [0, 0.1) is 17.6 Å². The molecule has 1 aromatic carbocycles. The van der Waals surface area contributed by atoms with Gasteiger partial charge in [0, 0.05) is 18.7 Å². The van der Waals surface area contributed by atoms with Crippen molar-refractivity contribution in [3.63, 3.8) is 0 Å². The van der Waals surface area contributed by atoms with Crippen molar-refractivity contribution >= 4 is 10.0 Å². The maximum atomic E-state index is 13.5. The van der Waals surface area contributed by atoms with Crippen molar-refractivity contribution in [3.8, 4) is 0 Å². The van der Waals surface area contributed by atoms with Gasteiger partial charge in [0.1, 0.15) is 11.6 Å². The molecule has 112 valence electrons. The maximum absolute atomic E-state index is 13.5. The van der Waals surface area contributed by atoms with Gasteiger partial charge in [-0.25, -0.2) is 21.5 Å². The molecule has 1 aromatic rings. The van der Waals surface area contributed by atoms with Gasteiger partial charge in [-0.15, -0.1) is 0 Å². The molecule has 3 nitrogen and oxygen atoms in total. The van der Waals surface area contributed by atoms with Gasteiger partial charge in [0.05, 0.1) is 6.26 Å². The second-order valence-corrected chi connectivity index (χ2v) is 7.35. The molecule has 2 rings (SSSR count). The van der Waals surface area contributed by atoms with E-state index in [2.05, 4.69) is 0 Å². The molecule has 1 aliphatic rings. The van der Waals surface area contributed by atoms with Crippen molar-refractivity contribution < 1.29 is 17.2 Å². The summed E-state index contributed by atoms with van der Waals surface area (Å²) in [5.74, 6) is -0.890. The Balaban J connectivity index is 1.97. The van der Waals surface area contributed by atoms with Crippen LogP contribution in [0.1, 0.15) is 24.8 Å². The predicted octanol–water partition coefficient (Wildman–Crippen LogP) is 2.57. The zero-order valence-electron chi connectivity index (χ0n) is 11.5. The Morgan fingerprint density at radius 3 is 2.55 bits per heavy atom. The summed E-state index contributed by atoms with van der Waals surface area (Å²) in [4.78, 5) is 0. The van der Waals surface area contributed by atoms with Gasteiger partial charge >= 0.3 is 0 Å². The number of sulfonamides is 1. The molecule has 0 radical (unpaired) electrons. The normalized spacial score (nSPS) is 21.1. The average Bonchev–Trinajstić information content (AvgIpc) is 2.37. The minimum absolute atomic E-state index is 0.101. The first-order valence-electron chi connectivity index (χ1n) is 6.76. The molecule has 0 aromatic heterocycles. The number of halogens is 2. The molecule has 6 heteroatoms. The van der Waals surface area contributed by atoms with Crippen LogP contribution >= 0.6 is 0 Å². The van der Waals surface area contributed by atoms with Crippen LogP contribution in [0.3, 0.4) is 0 Å². The van der Waals surface area contributed by atoms with Gasteiger partial charge in [-0.05, 0) is 43.7 Å². The van der Waals surface area contributed by atoms with Crippen LogP contribution in [0.5, 0.6) is 0 Å². The highest BCUT2D eigenvalue weighted by Crippen LogP contribution is 2.24. The van der Waals surface area contributed by atoms with E-state index in [9.17, 15) is 17.2 Å². The fraction of sp³-hybridized carbons (Fsp3) is 0.571. The second kappa shape index (κ2) is 6.18. The molecule has 0 bridgehead atoms. The molecule has 0 amide bonds. The molecule has 1 fully saturated rings. The van der Waals surface area contributed by atoms with Crippen LogP contribution in [0.2, 0.25) is 0 Å². The van der Waals surface area contributed by atoms with Crippen LogP contribution in [-0.4, -0.2) is 32.1 Å². The number of hydrogen-bond acceptors (Lipinski definition) is 2. The first kappa shape index (κ1) is 15.4. The molecule has 1 heterocycles. The van der Waals surface area contributed by atoms with Crippen LogP contribution in [-0.2, 0) is 16.4 Å². The number of hydrogen-bond donors (Lipinski definition) is 0. The van der Waals surface area contributed by atoms with Crippen LogP contribution in [0.25, 0.3) is 0 Å². The van der Waals surface area contributed by atoms with Gasteiger partial charge < -0.3 is 0 Å². The zero-order valence-corrected chi connectivity index (χ0v) is 12.3. The summed E-state index contributed by atoms with van der Waals surface area (Å²) < 4.78 is 51.5. The largest absolute Gasteiger partial charge is 0.213 e. The summed E-state index contributed by atoms with van der Waals surface area (Å²) in [6.07, 6.45) is 3.82. The lowest BCUT2D eigenvalue weighted by atomic mass is 9.92. The Morgan fingerprint density at radius 1 is 1.30 bits per heavy atom. The third kappa shape index (κ3) is 3.76. The Bertz CT molecular complexity index is 554. The third-order valence-electron chi connectivity index (χ3n) is 3.82. The highest BCUT2D eigenvalue weighted by Gasteiger charge is 2.26. The van der Waals surface area contributed by atoms with E-state index in [0.29, 0.717) is 25.9 Å². The lowest BCUT2D eigenvalue weighted by Crippen LogP contribution is -2.39. The molecule has 1 atom stereocenters. The van der Waals surface area contributed by atoms with Gasteiger partial charge in [-0.3, -0.25) is 0 Å². The van der Waals surface area contributed by atoms with E-state index in [0.717, 1.165) is 12.8 Å². The van der Waals surface area contributed by atoms with Crippen molar-refractivity contribution in [3.05, 3.63) is 35.4 Å². The first-order valence-corrected chi connectivity index (χ1v) is 8.61. The molecule has 1 unspecified atom stereocenters. The number of rotatable bonds is 4. The fourth-order valence-corrected chi connectivity index (χ4v) is 3.63. The van der Waals surface area contributed by atoms with Crippen molar-refractivity contribution in [1.82, 2.24) is 4.31 Å². The molecule has 0 aliphatic carbocycles. The summed E-state index contributed by atoms with van der Waals surface area (Å²) >= 11 is 0. The van der Waals surface area contributed by atoms with Crippen molar-refractivity contribution in [1.29, 1.82) is 0 Å². The molecule has 1 aliphatic heterocycles. The lowest BCUT2D eigenvalue weighted by molar-refractivity contribution is 0.256. The third-order valence-corrected chi connectivity index (χ3v) is 5.08.